The lowest BCUT2D eigenvalue weighted by atomic mass is 10.3. The van der Waals surface area contributed by atoms with Gasteiger partial charge >= 0.3 is 5.97 Å². The van der Waals surface area contributed by atoms with Crippen molar-refractivity contribution in [2.45, 2.75) is 19.9 Å². The highest BCUT2D eigenvalue weighted by Crippen LogP contribution is 2.12. The summed E-state index contributed by atoms with van der Waals surface area (Å²) in [6.45, 7) is 3.49. The molecule has 1 atom stereocenters. The van der Waals surface area contributed by atoms with Gasteiger partial charge < -0.3 is 14.5 Å². The number of ether oxygens (including phenoxy) is 1. The van der Waals surface area contributed by atoms with Crippen LogP contribution in [0.1, 0.15) is 24.4 Å². The molecular formula is C10H12ClNO4. The maximum atomic E-state index is 11.5. The second-order valence-electron chi connectivity index (χ2n) is 3.05. The lowest BCUT2D eigenvalue weighted by molar-refractivity contribution is -0.144. The highest BCUT2D eigenvalue weighted by molar-refractivity contribution is 6.29. The molecule has 1 aromatic heterocycles. The minimum absolute atomic E-state index is 0.0566. The summed E-state index contributed by atoms with van der Waals surface area (Å²) < 4.78 is 9.62. The van der Waals surface area contributed by atoms with E-state index in [2.05, 4.69) is 5.32 Å². The largest absolute Gasteiger partial charge is 0.464 e. The van der Waals surface area contributed by atoms with Gasteiger partial charge in [0.15, 0.2) is 11.0 Å². The van der Waals surface area contributed by atoms with E-state index in [0.717, 1.165) is 0 Å². The van der Waals surface area contributed by atoms with Gasteiger partial charge in [0.1, 0.15) is 6.04 Å². The third-order valence-corrected chi connectivity index (χ3v) is 1.99. The maximum Gasteiger partial charge on any atom is 0.328 e. The molecule has 0 saturated carbocycles. The summed E-state index contributed by atoms with van der Waals surface area (Å²) >= 11 is 5.52. The van der Waals surface area contributed by atoms with E-state index in [9.17, 15) is 9.59 Å². The molecule has 1 unspecified atom stereocenters. The molecule has 0 bridgehead atoms. The summed E-state index contributed by atoms with van der Waals surface area (Å²) in [4.78, 5) is 22.7. The van der Waals surface area contributed by atoms with Gasteiger partial charge in [-0.3, -0.25) is 4.79 Å². The molecule has 0 aliphatic heterocycles. The van der Waals surface area contributed by atoms with Gasteiger partial charge in [-0.15, -0.1) is 0 Å². The number of hydrogen-bond donors (Lipinski definition) is 1. The van der Waals surface area contributed by atoms with Crippen LogP contribution in [0.5, 0.6) is 0 Å². The number of rotatable bonds is 4. The Labute approximate surface area is 97.7 Å². The Hall–Kier alpha value is -1.49. The van der Waals surface area contributed by atoms with Crippen molar-refractivity contribution in [2.24, 2.45) is 0 Å². The first-order chi connectivity index (χ1) is 7.54. The number of hydrogen-bond acceptors (Lipinski definition) is 4. The van der Waals surface area contributed by atoms with Crippen LogP contribution < -0.4 is 5.32 Å². The quantitative estimate of drug-likeness (QED) is 0.819. The molecule has 0 spiro atoms. The average molecular weight is 246 g/mol. The van der Waals surface area contributed by atoms with Crippen molar-refractivity contribution in [1.82, 2.24) is 5.32 Å². The molecule has 0 aliphatic rings. The van der Waals surface area contributed by atoms with Crippen LogP contribution >= 0.6 is 11.6 Å². The van der Waals surface area contributed by atoms with Crippen LogP contribution in [0.4, 0.5) is 0 Å². The third-order valence-electron chi connectivity index (χ3n) is 1.78. The van der Waals surface area contributed by atoms with Gasteiger partial charge in [0.05, 0.1) is 6.61 Å². The number of halogens is 1. The molecule has 0 aromatic carbocycles. The first kappa shape index (κ1) is 12.6. The highest BCUT2D eigenvalue weighted by atomic mass is 35.5. The summed E-state index contributed by atoms with van der Waals surface area (Å²) in [6, 6.07) is 2.15. The summed E-state index contributed by atoms with van der Waals surface area (Å²) in [7, 11) is 0. The Kier molecular flexibility index (Phi) is 4.37. The van der Waals surface area contributed by atoms with E-state index >= 15 is 0 Å². The van der Waals surface area contributed by atoms with E-state index < -0.39 is 17.9 Å². The number of amides is 1. The van der Waals surface area contributed by atoms with Crippen molar-refractivity contribution in [3.8, 4) is 0 Å². The zero-order chi connectivity index (χ0) is 12.1. The predicted octanol–water partition coefficient (Wildman–Crippen LogP) is 1.61. The van der Waals surface area contributed by atoms with E-state index in [1.165, 1.54) is 19.1 Å². The molecule has 88 valence electrons. The number of carbonyl (C=O) groups is 2. The Morgan fingerprint density at radius 1 is 1.56 bits per heavy atom. The average Bonchev–Trinajstić information content (AvgIpc) is 2.65. The topological polar surface area (TPSA) is 68.5 Å². The van der Waals surface area contributed by atoms with Gasteiger partial charge in [0.25, 0.3) is 5.91 Å². The molecule has 16 heavy (non-hydrogen) atoms. The van der Waals surface area contributed by atoms with Gasteiger partial charge in [-0.05, 0) is 37.6 Å². The van der Waals surface area contributed by atoms with Crippen LogP contribution in [-0.4, -0.2) is 24.5 Å². The van der Waals surface area contributed by atoms with Gasteiger partial charge in [-0.1, -0.05) is 0 Å². The molecule has 1 rings (SSSR count). The fraction of sp³-hybridized carbons (Fsp3) is 0.400. The van der Waals surface area contributed by atoms with Gasteiger partial charge in [0, 0.05) is 0 Å². The van der Waals surface area contributed by atoms with Crippen LogP contribution in [0, 0.1) is 0 Å². The molecule has 5 nitrogen and oxygen atoms in total. The van der Waals surface area contributed by atoms with Crippen LogP contribution in [0.15, 0.2) is 16.5 Å². The number of furan rings is 1. The van der Waals surface area contributed by atoms with E-state index in [4.69, 9.17) is 20.8 Å². The zero-order valence-corrected chi connectivity index (χ0v) is 9.71. The minimum Gasteiger partial charge on any atom is -0.464 e. The molecule has 0 fully saturated rings. The van der Waals surface area contributed by atoms with E-state index in [-0.39, 0.29) is 17.6 Å². The van der Waals surface area contributed by atoms with Crippen molar-refractivity contribution < 1.29 is 18.7 Å². The number of nitrogens with one attached hydrogen (secondary N) is 1. The Morgan fingerprint density at radius 3 is 2.75 bits per heavy atom. The fourth-order valence-corrected chi connectivity index (χ4v) is 1.18. The van der Waals surface area contributed by atoms with Gasteiger partial charge in [-0.2, -0.15) is 0 Å². The van der Waals surface area contributed by atoms with E-state index in [0.29, 0.717) is 0 Å². The Morgan fingerprint density at radius 2 is 2.25 bits per heavy atom. The zero-order valence-electron chi connectivity index (χ0n) is 8.95. The molecule has 1 amide bonds. The molecule has 0 aliphatic carbocycles. The second-order valence-corrected chi connectivity index (χ2v) is 3.42. The monoisotopic (exact) mass is 245 g/mol. The maximum absolute atomic E-state index is 11.5. The number of carbonyl (C=O) groups excluding carboxylic acids is 2. The van der Waals surface area contributed by atoms with Crippen molar-refractivity contribution in [2.75, 3.05) is 6.61 Å². The molecule has 1 N–H and O–H groups in total. The molecule has 0 radical (unpaired) electrons. The predicted molar refractivity (Wildman–Crippen MR) is 57.3 cm³/mol. The minimum atomic E-state index is -0.726. The van der Waals surface area contributed by atoms with Crippen molar-refractivity contribution >= 4 is 23.5 Å². The number of esters is 1. The van der Waals surface area contributed by atoms with E-state index in [1.54, 1.807) is 6.92 Å². The summed E-state index contributed by atoms with van der Waals surface area (Å²) in [5.41, 5.74) is 0. The standard InChI is InChI=1S/C10H12ClNO4/c1-3-15-10(14)6(2)12-9(13)7-4-5-8(11)16-7/h4-6H,3H2,1-2H3,(H,12,13). The van der Waals surface area contributed by atoms with Gasteiger partial charge in [0.2, 0.25) is 0 Å². The summed E-state index contributed by atoms with van der Waals surface area (Å²) in [5, 5.41) is 2.55. The molecule has 0 saturated heterocycles. The Balaban J connectivity index is 2.54. The molecule has 1 heterocycles. The van der Waals surface area contributed by atoms with Crippen molar-refractivity contribution in [1.29, 1.82) is 0 Å². The van der Waals surface area contributed by atoms with E-state index in [1.807, 2.05) is 0 Å². The van der Waals surface area contributed by atoms with Crippen molar-refractivity contribution in [3.63, 3.8) is 0 Å². The molecule has 1 aromatic rings. The third kappa shape index (κ3) is 3.27. The SMILES string of the molecule is CCOC(=O)C(C)NC(=O)c1ccc(Cl)o1. The fourth-order valence-electron chi connectivity index (χ4n) is 1.03. The molecule has 6 heteroatoms. The molecular weight excluding hydrogens is 234 g/mol. The van der Waals surface area contributed by atoms with Crippen molar-refractivity contribution in [3.05, 3.63) is 23.1 Å². The van der Waals surface area contributed by atoms with Crippen LogP contribution in [0.2, 0.25) is 5.22 Å². The summed E-state index contributed by atoms with van der Waals surface area (Å²) in [6.07, 6.45) is 0. The second kappa shape index (κ2) is 5.55. The lowest BCUT2D eigenvalue weighted by Crippen LogP contribution is -2.39. The first-order valence-electron chi connectivity index (χ1n) is 4.77. The van der Waals surface area contributed by atoms with Crippen LogP contribution in [0.3, 0.4) is 0 Å². The summed E-state index contributed by atoms with van der Waals surface area (Å²) in [5.74, 6) is -0.942. The first-order valence-corrected chi connectivity index (χ1v) is 5.15. The normalized spacial score (nSPS) is 11.9. The Bertz CT molecular complexity index is 388. The lowest BCUT2D eigenvalue weighted by Gasteiger charge is -2.11. The van der Waals surface area contributed by atoms with Crippen LogP contribution in [0.25, 0.3) is 0 Å². The highest BCUT2D eigenvalue weighted by Gasteiger charge is 2.19. The van der Waals surface area contributed by atoms with Gasteiger partial charge in [-0.25, -0.2) is 4.79 Å². The van der Waals surface area contributed by atoms with Crippen LogP contribution in [-0.2, 0) is 9.53 Å². The smallest absolute Gasteiger partial charge is 0.328 e.